The second-order valence-electron chi connectivity index (χ2n) is 7.17. The molecule has 29 heavy (non-hydrogen) atoms. The van der Waals surface area contributed by atoms with Gasteiger partial charge in [0.1, 0.15) is 5.75 Å². The van der Waals surface area contributed by atoms with Crippen molar-refractivity contribution in [3.8, 4) is 5.75 Å². The van der Waals surface area contributed by atoms with Gasteiger partial charge in [-0.05, 0) is 36.1 Å². The molecule has 1 heterocycles. The van der Waals surface area contributed by atoms with Gasteiger partial charge in [0.15, 0.2) is 5.96 Å². The lowest BCUT2D eigenvalue weighted by atomic mass is 10.1. The molecule has 5 nitrogen and oxygen atoms in total. The van der Waals surface area contributed by atoms with Crippen LogP contribution in [-0.4, -0.2) is 51.3 Å². The van der Waals surface area contributed by atoms with E-state index in [-0.39, 0.29) is 24.0 Å². The molecule has 0 radical (unpaired) electrons. The number of guanidine groups is 1. The average Bonchev–Trinajstić information content (AvgIpc) is 3.21. The fourth-order valence-electron chi connectivity index (χ4n) is 3.52. The molecule has 0 aromatic heterocycles. The summed E-state index contributed by atoms with van der Waals surface area (Å²) in [5.74, 6) is 2.44. The quantitative estimate of drug-likeness (QED) is 0.333. The summed E-state index contributed by atoms with van der Waals surface area (Å²) < 4.78 is 11.1. The van der Waals surface area contributed by atoms with Crippen molar-refractivity contribution in [3.63, 3.8) is 0 Å². The van der Waals surface area contributed by atoms with Gasteiger partial charge in [0.05, 0.1) is 20.3 Å². The molecular weight excluding hydrogens is 477 g/mol. The van der Waals surface area contributed by atoms with Gasteiger partial charge in [0.2, 0.25) is 0 Å². The molecule has 0 saturated carbocycles. The largest absolute Gasteiger partial charge is 0.497 e. The van der Waals surface area contributed by atoms with E-state index in [1.54, 1.807) is 7.11 Å². The second kappa shape index (κ2) is 12.7. The van der Waals surface area contributed by atoms with Crippen LogP contribution in [0.5, 0.6) is 5.75 Å². The van der Waals surface area contributed by atoms with Gasteiger partial charge >= 0.3 is 0 Å². The molecule has 158 valence electrons. The van der Waals surface area contributed by atoms with E-state index in [0.29, 0.717) is 12.5 Å². The van der Waals surface area contributed by atoms with Crippen LogP contribution in [0.25, 0.3) is 0 Å². The monoisotopic (exact) mass is 509 g/mol. The van der Waals surface area contributed by atoms with Gasteiger partial charge in [0, 0.05) is 32.6 Å². The summed E-state index contributed by atoms with van der Waals surface area (Å²) >= 11 is 0. The van der Waals surface area contributed by atoms with Crippen LogP contribution < -0.4 is 10.1 Å². The van der Waals surface area contributed by atoms with Crippen molar-refractivity contribution < 1.29 is 9.47 Å². The van der Waals surface area contributed by atoms with Crippen LogP contribution in [0.2, 0.25) is 0 Å². The molecule has 1 saturated heterocycles. The highest BCUT2D eigenvalue weighted by atomic mass is 127. The van der Waals surface area contributed by atoms with Crippen LogP contribution in [0.15, 0.2) is 59.6 Å². The number of hydrogen-bond donors (Lipinski definition) is 1. The molecular formula is C23H32IN3O2. The third kappa shape index (κ3) is 7.51. The van der Waals surface area contributed by atoms with Gasteiger partial charge in [-0.15, -0.1) is 24.0 Å². The Hall–Kier alpha value is -1.80. The molecule has 0 amide bonds. The number of likely N-dealkylation sites (tertiary alicyclic amines) is 1. The molecule has 1 unspecified atom stereocenters. The number of benzene rings is 2. The summed E-state index contributed by atoms with van der Waals surface area (Å²) in [4.78, 5) is 6.80. The lowest BCUT2D eigenvalue weighted by Crippen LogP contribution is -2.41. The average molecular weight is 509 g/mol. The molecule has 3 rings (SSSR count). The summed E-state index contributed by atoms with van der Waals surface area (Å²) in [5, 5.41) is 3.49. The van der Waals surface area contributed by atoms with E-state index in [1.807, 2.05) is 25.2 Å². The molecule has 1 aliphatic heterocycles. The van der Waals surface area contributed by atoms with Crippen molar-refractivity contribution >= 4 is 29.9 Å². The first-order chi connectivity index (χ1) is 13.8. The molecule has 2 aromatic carbocycles. The number of ether oxygens (including phenoxy) is 2. The van der Waals surface area contributed by atoms with Crippen LogP contribution in [0.1, 0.15) is 17.5 Å². The fourth-order valence-corrected chi connectivity index (χ4v) is 3.52. The maximum absolute atomic E-state index is 5.93. The van der Waals surface area contributed by atoms with E-state index in [0.717, 1.165) is 50.8 Å². The van der Waals surface area contributed by atoms with Crippen molar-refractivity contribution in [3.05, 3.63) is 65.7 Å². The predicted octanol–water partition coefficient (Wildman–Crippen LogP) is 3.97. The van der Waals surface area contributed by atoms with E-state index in [1.165, 1.54) is 11.1 Å². The Kier molecular flexibility index (Phi) is 10.3. The number of hydrogen-bond acceptors (Lipinski definition) is 3. The first-order valence-electron chi connectivity index (χ1n) is 9.98. The lowest BCUT2D eigenvalue weighted by molar-refractivity contribution is 0.0907. The van der Waals surface area contributed by atoms with Gasteiger partial charge < -0.3 is 19.7 Å². The third-order valence-corrected chi connectivity index (χ3v) is 5.12. The zero-order valence-corrected chi connectivity index (χ0v) is 19.7. The molecule has 0 aliphatic carbocycles. The van der Waals surface area contributed by atoms with Crippen LogP contribution in [0.3, 0.4) is 0 Å². The molecule has 0 bridgehead atoms. The van der Waals surface area contributed by atoms with Gasteiger partial charge in [-0.25, -0.2) is 0 Å². The summed E-state index contributed by atoms with van der Waals surface area (Å²) in [6, 6.07) is 18.6. The highest BCUT2D eigenvalue weighted by molar-refractivity contribution is 14.0. The Balaban J connectivity index is 0.00000300. The normalized spacial score (nSPS) is 16.4. The van der Waals surface area contributed by atoms with E-state index >= 15 is 0 Å². The predicted molar refractivity (Wildman–Crippen MR) is 129 cm³/mol. The van der Waals surface area contributed by atoms with Crippen molar-refractivity contribution in [1.29, 1.82) is 0 Å². The number of aliphatic imine (C=N–C) groups is 1. The zero-order chi connectivity index (χ0) is 19.6. The SMILES string of the molecule is CN=C(NCCc1ccc(OC)cc1)N1CCC(COCc2ccccc2)C1.I. The highest BCUT2D eigenvalue weighted by Gasteiger charge is 2.24. The van der Waals surface area contributed by atoms with E-state index in [9.17, 15) is 0 Å². The van der Waals surface area contributed by atoms with Gasteiger partial charge in [-0.2, -0.15) is 0 Å². The van der Waals surface area contributed by atoms with Crippen LogP contribution in [0, 0.1) is 5.92 Å². The number of halogens is 1. The summed E-state index contributed by atoms with van der Waals surface area (Å²) in [7, 11) is 3.55. The Morgan fingerprint density at radius 3 is 2.55 bits per heavy atom. The fraction of sp³-hybridized carbons (Fsp3) is 0.435. The maximum atomic E-state index is 5.93. The molecule has 1 aliphatic rings. The standard InChI is InChI=1S/C23H31N3O2.HI/c1-24-23(25-14-12-19-8-10-22(27-2)11-9-19)26-15-13-21(16-26)18-28-17-20-6-4-3-5-7-20;/h3-11,21H,12-18H2,1-2H3,(H,24,25);1H. The number of nitrogens with zero attached hydrogens (tertiary/aromatic N) is 2. The number of nitrogens with one attached hydrogen (secondary N) is 1. The highest BCUT2D eigenvalue weighted by Crippen LogP contribution is 2.17. The van der Waals surface area contributed by atoms with Crippen molar-refractivity contribution in [1.82, 2.24) is 10.2 Å². The Morgan fingerprint density at radius 1 is 1.10 bits per heavy atom. The van der Waals surface area contributed by atoms with Crippen molar-refractivity contribution in [2.75, 3.05) is 40.4 Å². The minimum Gasteiger partial charge on any atom is -0.497 e. The minimum atomic E-state index is 0. The third-order valence-electron chi connectivity index (χ3n) is 5.12. The lowest BCUT2D eigenvalue weighted by Gasteiger charge is -2.21. The van der Waals surface area contributed by atoms with Crippen molar-refractivity contribution in [2.24, 2.45) is 10.9 Å². The summed E-state index contributed by atoms with van der Waals surface area (Å²) in [6.07, 6.45) is 2.11. The number of methoxy groups -OCH3 is 1. The second-order valence-corrected chi connectivity index (χ2v) is 7.17. The number of rotatable bonds is 8. The first-order valence-corrected chi connectivity index (χ1v) is 9.98. The molecule has 6 heteroatoms. The minimum absolute atomic E-state index is 0. The first kappa shape index (κ1) is 23.5. The molecule has 1 fully saturated rings. The molecule has 1 N–H and O–H groups in total. The van der Waals surface area contributed by atoms with Crippen LogP contribution in [0.4, 0.5) is 0 Å². The zero-order valence-electron chi connectivity index (χ0n) is 17.3. The van der Waals surface area contributed by atoms with Crippen LogP contribution >= 0.6 is 24.0 Å². The Morgan fingerprint density at radius 2 is 1.86 bits per heavy atom. The Labute approximate surface area is 191 Å². The van der Waals surface area contributed by atoms with E-state index < -0.39 is 0 Å². The maximum Gasteiger partial charge on any atom is 0.193 e. The van der Waals surface area contributed by atoms with E-state index in [2.05, 4.69) is 51.6 Å². The van der Waals surface area contributed by atoms with Gasteiger partial charge in [-0.1, -0.05) is 42.5 Å². The molecule has 2 aromatic rings. The van der Waals surface area contributed by atoms with Crippen molar-refractivity contribution in [2.45, 2.75) is 19.4 Å². The smallest absolute Gasteiger partial charge is 0.193 e. The van der Waals surface area contributed by atoms with E-state index in [4.69, 9.17) is 9.47 Å². The topological polar surface area (TPSA) is 46.1 Å². The molecule has 1 atom stereocenters. The summed E-state index contributed by atoms with van der Waals surface area (Å²) in [5.41, 5.74) is 2.52. The summed E-state index contributed by atoms with van der Waals surface area (Å²) in [6.45, 7) is 4.38. The molecule has 0 spiro atoms. The van der Waals surface area contributed by atoms with Crippen LogP contribution in [-0.2, 0) is 17.8 Å². The van der Waals surface area contributed by atoms with Gasteiger partial charge in [0.25, 0.3) is 0 Å². The Bertz CT molecular complexity index is 738. The van der Waals surface area contributed by atoms with Gasteiger partial charge in [-0.3, -0.25) is 4.99 Å².